The molecule has 6 saturated carbocycles. The first-order valence-electron chi connectivity index (χ1n) is 25.7. The van der Waals surface area contributed by atoms with Crippen molar-refractivity contribution < 1.29 is 53.1 Å². The smallest absolute Gasteiger partial charge is 0.339 e. The molecule has 11 fully saturated rings. The van der Waals surface area contributed by atoms with Gasteiger partial charge in [0.2, 0.25) is 0 Å². The van der Waals surface area contributed by atoms with Crippen LogP contribution in [0.3, 0.4) is 0 Å². The summed E-state index contributed by atoms with van der Waals surface area (Å²) in [6, 6.07) is 2.40. The van der Waals surface area contributed by atoms with Crippen molar-refractivity contribution in [3.05, 3.63) is 35.9 Å². The number of ketones is 1. The molecular weight excluding hydrogens is 829 g/mol. The summed E-state index contributed by atoms with van der Waals surface area (Å²) >= 11 is 0. The Hall–Kier alpha value is -2.81. The average molecular weight is 899 g/mol. The van der Waals surface area contributed by atoms with Gasteiger partial charge in [-0.05, 0) is 131 Å². The molecule has 0 unspecified atom stereocenters. The van der Waals surface area contributed by atoms with E-state index < -0.39 is 81.2 Å². The van der Waals surface area contributed by atoms with E-state index in [-0.39, 0.29) is 54.6 Å². The van der Waals surface area contributed by atoms with E-state index in [4.69, 9.17) is 23.4 Å². The molecule has 0 radical (unpaired) electrons. The van der Waals surface area contributed by atoms with Crippen LogP contribution in [0.1, 0.15) is 128 Å². The number of hydrogen-bond acceptors (Lipinski definition) is 13. The second-order valence-electron chi connectivity index (χ2n) is 24.4. The van der Waals surface area contributed by atoms with Crippen LogP contribution in [0, 0.1) is 74.9 Å². The minimum absolute atomic E-state index is 0.0609. The zero-order chi connectivity index (χ0) is 44.6. The highest BCUT2D eigenvalue weighted by molar-refractivity contribution is 5.92. The number of nitrogens with one attached hydrogen (secondary N) is 1. The molecular formula is C52H70N2O11. The number of furan rings is 1. The normalized spacial score (nSPS) is 49.4. The molecule has 13 heteroatoms. The Kier molecular flexibility index (Phi) is 9.21. The number of fused-ring (bicyclic) bond motifs is 4. The first-order valence-corrected chi connectivity index (χ1v) is 25.7. The van der Waals surface area contributed by atoms with Crippen LogP contribution in [0.25, 0.3) is 0 Å². The fourth-order valence-electron chi connectivity index (χ4n) is 19.8. The first-order chi connectivity index (χ1) is 31.3. The van der Waals surface area contributed by atoms with Gasteiger partial charge in [-0.25, -0.2) is 4.79 Å². The van der Waals surface area contributed by atoms with Crippen LogP contribution in [-0.4, -0.2) is 106 Å². The fraction of sp³-hybridized carbons (Fsp3) is 0.827. The lowest BCUT2D eigenvalue weighted by Crippen LogP contribution is -2.80. The van der Waals surface area contributed by atoms with Gasteiger partial charge in [0.25, 0.3) is 0 Å². The Morgan fingerprint density at radius 2 is 1.75 bits per heavy atom. The number of allylic oxidation sites excluding steroid dienone is 1. The lowest BCUT2D eigenvalue weighted by Gasteiger charge is -2.71. The number of nitrogens with zero attached hydrogens (tertiary/aromatic N) is 1. The lowest BCUT2D eigenvalue weighted by atomic mass is 9.31. The molecule has 1 aromatic rings. The first kappa shape index (κ1) is 42.3. The number of aliphatic hydroxyl groups excluding tert-OH is 3. The number of rotatable bonds is 7. The summed E-state index contributed by atoms with van der Waals surface area (Å²) in [7, 11) is 0. The molecule has 13 rings (SSSR count). The number of Topliss-reactive ketones (excluding diaryl/α,β-unsaturated/α-hetero) is 1. The molecule has 13 nitrogen and oxygen atoms in total. The standard InChI is InChI=1S/C52H70N2O11/c1-47(2)40-38(57)41(58)51(30-9-5-4-6-10-30)39-29(22-49(15-7-8-16-49)37-43(64-47)50(39,40)25-62-45(37)59)21-48(3)42(63-46(60)44-52(48,51)65-44)32-14-18-61-36(32)20-33(35(56)24-55)27-11-12-31-28(19-27)13-17-54-26-53-23-34(31)54/h13-14,17-18,27-31,33-35,37,39-44,53,55-56,58H,4-12,15-16,19-26H2,1-3H3/t27-,28+,29-,31+,33-,34-,35+,37-,39+,40+,41+,42-,43-,44+,48-,50+,51-,52+/m0/s1. The van der Waals surface area contributed by atoms with Crippen LogP contribution in [0.5, 0.6) is 0 Å². The molecule has 2 bridgehead atoms. The van der Waals surface area contributed by atoms with Crippen molar-refractivity contribution in [2.45, 2.75) is 165 Å². The third kappa shape index (κ3) is 5.14. The van der Waals surface area contributed by atoms with Crippen molar-refractivity contribution in [3.63, 3.8) is 0 Å². The predicted octanol–water partition coefficient (Wildman–Crippen LogP) is 5.39. The molecule has 6 aliphatic heterocycles. The monoisotopic (exact) mass is 898 g/mol. The maximum absolute atomic E-state index is 15.8. The van der Waals surface area contributed by atoms with E-state index in [0.29, 0.717) is 36.5 Å². The SMILES string of the molecule is CC1(C)O[C@H]2[C@H]3C(=O)OC[C@@]24[C@@H]1C(=O)[C@@H](O)[C@]1(C2CCCCC2)[C@@H]4[C@H](CC32CCCC2)C[C@@]2(C)[C@H](c3ccoc3C[C@@H]([C@H]3CC[C@@H]4[C@H](C=CN5CNC[C@@H]45)C3)[C@H](O)CO)OC(=O)[C@H]3O[C@@]312. The lowest BCUT2D eigenvalue weighted by molar-refractivity contribution is -0.289. The van der Waals surface area contributed by atoms with Crippen LogP contribution in [-0.2, 0) is 39.8 Å². The number of epoxide rings is 1. The highest BCUT2D eigenvalue weighted by Crippen LogP contribution is 2.85. The summed E-state index contributed by atoms with van der Waals surface area (Å²) in [6.07, 6.45) is 14.4. The Balaban J connectivity index is 0.950. The topological polar surface area (TPSA) is 181 Å². The van der Waals surface area contributed by atoms with E-state index in [2.05, 4.69) is 29.4 Å². The van der Waals surface area contributed by atoms with Gasteiger partial charge in [-0.3, -0.25) is 14.9 Å². The third-order valence-corrected chi connectivity index (χ3v) is 21.7. The Labute approximate surface area is 382 Å². The van der Waals surface area contributed by atoms with E-state index >= 15 is 4.79 Å². The summed E-state index contributed by atoms with van der Waals surface area (Å²) in [5.41, 5.74) is -4.87. The zero-order valence-corrected chi connectivity index (χ0v) is 38.5. The maximum Gasteiger partial charge on any atom is 0.339 e. The molecule has 65 heavy (non-hydrogen) atoms. The largest absolute Gasteiger partial charge is 0.469 e. The summed E-state index contributed by atoms with van der Waals surface area (Å²) in [5.74, 6) is -1.29. The predicted molar refractivity (Wildman–Crippen MR) is 232 cm³/mol. The maximum atomic E-state index is 15.8. The van der Waals surface area contributed by atoms with Crippen molar-refractivity contribution in [1.29, 1.82) is 0 Å². The van der Waals surface area contributed by atoms with Crippen LogP contribution in [0.4, 0.5) is 0 Å². The summed E-state index contributed by atoms with van der Waals surface area (Å²) in [4.78, 5) is 47.5. The quantitative estimate of drug-likeness (QED) is 0.203. The second kappa shape index (κ2) is 14.1. The zero-order valence-electron chi connectivity index (χ0n) is 38.5. The van der Waals surface area contributed by atoms with Gasteiger partial charge >= 0.3 is 11.9 Å². The minimum atomic E-state index is -1.43. The van der Waals surface area contributed by atoms with Gasteiger partial charge in [0.1, 0.15) is 30.2 Å². The van der Waals surface area contributed by atoms with E-state index in [9.17, 15) is 24.9 Å². The highest BCUT2D eigenvalue weighted by Gasteiger charge is 2.95. The average Bonchev–Trinajstić information content (AvgIpc) is 3.69. The van der Waals surface area contributed by atoms with Crippen LogP contribution in [0.15, 0.2) is 29.0 Å². The molecule has 0 amide bonds. The molecule has 4 N–H and O–H groups in total. The molecule has 5 saturated heterocycles. The molecule has 18 atom stereocenters. The third-order valence-electron chi connectivity index (χ3n) is 21.7. The number of carbonyl (C=O) groups is 3. The van der Waals surface area contributed by atoms with Gasteiger partial charge in [-0.1, -0.05) is 45.1 Å². The van der Waals surface area contributed by atoms with Crippen molar-refractivity contribution in [2.24, 2.45) is 74.9 Å². The van der Waals surface area contributed by atoms with Gasteiger partial charge in [0.15, 0.2) is 11.9 Å². The van der Waals surface area contributed by atoms with Gasteiger partial charge in [0.05, 0.1) is 49.2 Å². The van der Waals surface area contributed by atoms with E-state index in [1.807, 2.05) is 19.9 Å². The Morgan fingerprint density at radius 1 is 0.954 bits per heavy atom. The molecule has 7 heterocycles. The van der Waals surface area contributed by atoms with Crippen LogP contribution in [0.2, 0.25) is 0 Å². The number of aliphatic hydroxyl groups is 3. The summed E-state index contributed by atoms with van der Waals surface area (Å²) < 4.78 is 34.1. The summed E-state index contributed by atoms with van der Waals surface area (Å²) in [6.45, 7) is 7.71. The second-order valence-corrected chi connectivity index (χ2v) is 24.4. The van der Waals surface area contributed by atoms with Gasteiger partial charge < -0.3 is 43.6 Å². The Bertz CT molecular complexity index is 2180. The molecule has 12 aliphatic rings. The molecule has 0 aromatic carbocycles. The highest BCUT2D eigenvalue weighted by atomic mass is 16.7. The molecule has 354 valence electrons. The number of carbonyl (C=O) groups excluding carboxylic acids is 3. The molecule has 6 aliphatic carbocycles. The van der Waals surface area contributed by atoms with Crippen LogP contribution >= 0.6 is 0 Å². The van der Waals surface area contributed by atoms with Crippen molar-refractivity contribution >= 4 is 17.7 Å². The fourth-order valence-corrected chi connectivity index (χ4v) is 19.8. The minimum Gasteiger partial charge on any atom is -0.469 e. The van der Waals surface area contributed by atoms with Crippen molar-refractivity contribution in [3.8, 4) is 0 Å². The van der Waals surface area contributed by atoms with Gasteiger partial charge in [-0.2, -0.15) is 0 Å². The number of ether oxygens (including phenoxy) is 4. The van der Waals surface area contributed by atoms with Gasteiger partial charge in [-0.15, -0.1) is 0 Å². The Morgan fingerprint density at radius 3 is 2.54 bits per heavy atom. The number of cyclic esters (lactones) is 2. The number of esters is 2. The van der Waals surface area contributed by atoms with Gasteiger partial charge in [0, 0.05) is 40.8 Å². The van der Waals surface area contributed by atoms with E-state index in [1.165, 1.54) is 0 Å². The van der Waals surface area contributed by atoms with Crippen molar-refractivity contribution in [1.82, 2.24) is 10.2 Å². The molecule has 1 aromatic heterocycles. The van der Waals surface area contributed by atoms with E-state index in [1.54, 1.807) is 6.26 Å². The van der Waals surface area contributed by atoms with E-state index in [0.717, 1.165) is 102 Å². The summed E-state index contributed by atoms with van der Waals surface area (Å²) in [5, 5.41) is 39.3. The molecule has 3 spiro atoms. The number of hydrogen-bond donors (Lipinski definition) is 4. The van der Waals surface area contributed by atoms with Crippen LogP contribution < -0.4 is 5.32 Å². The van der Waals surface area contributed by atoms with Crippen molar-refractivity contribution in [2.75, 3.05) is 26.4 Å².